The predicted molar refractivity (Wildman–Crippen MR) is 127 cm³/mol. The number of nitrogens with zero attached hydrogens (tertiary/aromatic N) is 2. The van der Waals surface area contributed by atoms with Crippen LogP contribution in [0.4, 0.5) is 10.1 Å². The number of nitrogens with one attached hydrogen (secondary N) is 2. The van der Waals surface area contributed by atoms with Gasteiger partial charge in [-0.2, -0.15) is 0 Å². The summed E-state index contributed by atoms with van der Waals surface area (Å²) in [6.45, 7) is 2.65. The smallest absolute Gasteiger partial charge is 0.253 e. The van der Waals surface area contributed by atoms with Crippen molar-refractivity contribution in [1.29, 1.82) is 0 Å². The summed E-state index contributed by atoms with van der Waals surface area (Å²) in [5.41, 5.74) is 4.02. The highest BCUT2D eigenvalue weighted by Crippen LogP contribution is 2.38. The zero-order valence-corrected chi connectivity index (χ0v) is 19.5. The van der Waals surface area contributed by atoms with Crippen molar-refractivity contribution in [3.8, 4) is 0 Å². The summed E-state index contributed by atoms with van der Waals surface area (Å²) < 4.78 is 21.2. The second kappa shape index (κ2) is 9.18. The number of anilines is 1. The third kappa shape index (κ3) is 4.30. The molecule has 0 radical (unpaired) electrons. The Balaban J connectivity index is 1.46. The van der Waals surface area contributed by atoms with E-state index in [2.05, 4.69) is 10.6 Å². The highest BCUT2D eigenvalue weighted by Gasteiger charge is 2.28. The van der Waals surface area contributed by atoms with E-state index in [9.17, 15) is 14.0 Å². The zero-order chi connectivity index (χ0) is 23.8. The fourth-order valence-electron chi connectivity index (χ4n) is 4.73. The first-order chi connectivity index (χ1) is 16.4. The van der Waals surface area contributed by atoms with Gasteiger partial charge in [-0.15, -0.1) is 0 Å². The number of rotatable bonds is 6. The Kier molecular flexibility index (Phi) is 6.08. The predicted octanol–water partition coefficient (Wildman–Crippen LogP) is 4.34. The van der Waals surface area contributed by atoms with Crippen LogP contribution in [0.15, 0.2) is 30.3 Å². The van der Waals surface area contributed by atoms with Gasteiger partial charge in [0.2, 0.25) is 0 Å². The molecule has 1 atom stereocenters. The van der Waals surface area contributed by atoms with Crippen molar-refractivity contribution in [2.45, 2.75) is 57.6 Å². The molecule has 2 heterocycles. The molecule has 7 nitrogen and oxygen atoms in total. The van der Waals surface area contributed by atoms with Crippen LogP contribution in [0.2, 0.25) is 0 Å². The van der Waals surface area contributed by atoms with Crippen LogP contribution in [0.5, 0.6) is 0 Å². The molecule has 1 saturated heterocycles. The number of benzene rings is 2. The van der Waals surface area contributed by atoms with Crippen molar-refractivity contribution in [2.24, 2.45) is 7.05 Å². The molecule has 0 spiro atoms. The highest BCUT2D eigenvalue weighted by molar-refractivity contribution is 6.06. The second-order valence-corrected chi connectivity index (χ2v) is 9.29. The van der Waals surface area contributed by atoms with Crippen molar-refractivity contribution in [1.82, 2.24) is 14.9 Å². The average molecular weight is 465 g/mol. The highest BCUT2D eigenvalue weighted by atomic mass is 19.1. The number of aromatic nitrogens is 2. The maximum absolute atomic E-state index is 13.6. The molecule has 1 aliphatic heterocycles. The van der Waals surface area contributed by atoms with E-state index in [1.165, 1.54) is 18.6 Å². The first-order valence-corrected chi connectivity index (χ1v) is 11.9. The Hall–Kier alpha value is -3.26. The van der Waals surface area contributed by atoms with Crippen LogP contribution in [0.1, 0.15) is 65.3 Å². The molecular formula is C26H29FN4O3. The van der Waals surface area contributed by atoms with E-state index in [4.69, 9.17) is 9.72 Å². The van der Waals surface area contributed by atoms with Crippen LogP contribution >= 0.6 is 0 Å². The molecule has 2 aromatic carbocycles. The summed E-state index contributed by atoms with van der Waals surface area (Å²) in [4.78, 5) is 30.7. The lowest BCUT2D eigenvalue weighted by Gasteiger charge is -2.24. The van der Waals surface area contributed by atoms with E-state index in [-0.39, 0.29) is 24.2 Å². The summed E-state index contributed by atoms with van der Waals surface area (Å²) >= 11 is 0. The minimum Gasteiger partial charge on any atom is -0.368 e. The molecule has 2 aliphatic rings. The number of carbonyl (C=O) groups is 2. The molecule has 1 aliphatic carbocycles. The van der Waals surface area contributed by atoms with Crippen LogP contribution in [0.25, 0.3) is 11.0 Å². The Bertz CT molecular complexity index is 1260. The van der Waals surface area contributed by atoms with Gasteiger partial charge in [-0.1, -0.05) is 12.5 Å². The van der Waals surface area contributed by atoms with Crippen molar-refractivity contribution >= 4 is 28.5 Å². The second-order valence-electron chi connectivity index (χ2n) is 9.29. The number of fused-ring (bicyclic) bond motifs is 1. The molecule has 1 saturated carbocycles. The third-order valence-electron chi connectivity index (χ3n) is 6.97. The number of halogens is 1. The minimum atomic E-state index is -0.484. The number of hydrogen-bond acceptors (Lipinski definition) is 4. The van der Waals surface area contributed by atoms with Gasteiger partial charge in [0, 0.05) is 31.7 Å². The first-order valence-electron chi connectivity index (χ1n) is 11.9. The Morgan fingerprint density at radius 2 is 2.00 bits per heavy atom. The first kappa shape index (κ1) is 22.5. The van der Waals surface area contributed by atoms with Crippen LogP contribution in [-0.4, -0.2) is 34.1 Å². The molecule has 1 aromatic heterocycles. The lowest BCUT2D eigenvalue weighted by molar-refractivity contribution is -0.124. The van der Waals surface area contributed by atoms with Gasteiger partial charge in [0.05, 0.1) is 16.7 Å². The largest absolute Gasteiger partial charge is 0.368 e. The van der Waals surface area contributed by atoms with Crippen LogP contribution in [-0.2, 0) is 23.1 Å². The number of ether oxygens (including phenoxy) is 1. The number of imidazole rings is 1. The summed E-state index contributed by atoms with van der Waals surface area (Å²) in [6, 6.07) is 7.97. The van der Waals surface area contributed by atoms with Crippen molar-refractivity contribution < 1.29 is 18.7 Å². The molecule has 5 rings (SSSR count). The van der Waals surface area contributed by atoms with E-state index in [1.807, 2.05) is 18.5 Å². The Morgan fingerprint density at radius 1 is 1.18 bits per heavy atom. The summed E-state index contributed by atoms with van der Waals surface area (Å²) in [7, 11) is 1.96. The molecule has 1 unspecified atom stereocenters. The third-order valence-corrected chi connectivity index (χ3v) is 6.97. The molecule has 8 heteroatoms. The fraction of sp³-hybridized carbons (Fsp3) is 0.423. The summed E-state index contributed by atoms with van der Waals surface area (Å²) in [6.07, 6.45) is 4.42. The monoisotopic (exact) mass is 464 g/mol. The summed E-state index contributed by atoms with van der Waals surface area (Å²) in [5.74, 6) is 0.508. The lowest BCUT2D eigenvalue weighted by Crippen LogP contribution is -2.28. The number of carbonyl (C=O) groups excluding carboxylic acids is 2. The van der Waals surface area contributed by atoms with E-state index >= 15 is 0 Å². The van der Waals surface area contributed by atoms with E-state index in [0.29, 0.717) is 41.3 Å². The molecule has 2 amide bonds. The van der Waals surface area contributed by atoms with E-state index < -0.39 is 6.10 Å². The quantitative estimate of drug-likeness (QED) is 0.569. The molecule has 2 fully saturated rings. The van der Waals surface area contributed by atoms with Gasteiger partial charge in [0.1, 0.15) is 17.7 Å². The van der Waals surface area contributed by atoms with E-state index in [1.54, 1.807) is 18.2 Å². The molecule has 3 aromatic rings. The van der Waals surface area contributed by atoms with Crippen LogP contribution in [0, 0.1) is 12.7 Å². The van der Waals surface area contributed by atoms with Crippen molar-refractivity contribution in [2.75, 3.05) is 11.9 Å². The van der Waals surface area contributed by atoms with Gasteiger partial charge in [-0.25, -0.2) is 9.37 Å². The number of aryl methyl sites for hydroxylation is 2. The zero-order valence-electron chi connectivity index (χ0n) is 19.5. The van der Waals surface area contributed by atoms with Gasteiger partial charge in [-0.05, 0) is 68.0 Å². The van der Waals surface area contributed by atoms with Gasteiger partial charge in [-0.3, -0.25) is 9.59 Å². The maximum atomic E-state index is 13.6. The Morgan fingerprint density at radius 3 is 2.71 bits per heavy atom. The van der Waals surface area contributed by atoms with Gasteiger partial charge < -0.3 is 19.9 Å². The molecular weight excluding hydrogens is 435 g/mol. The van der Waals surface area contributed by atoms with Crippen molar-refractivity contribution in [3.05, 3.63) is 58.7 Å². The van der Waals surface area contributed by atoms with Gasteiger partial charge in [0.25, 0.3) is 11.8 Å². The van der Waals surface area contributed by atoms with Crippen molar-refractivity contribution in [3.63, 3.8) is 0 Å². The molecule has 0 bridgehead atoms. The average Bonchev–Trinajstić information content (AvgIpc) is 3.42. The normalized spacial score (nSPS) is 18.1. The molecule has 34 heavy (non-hydrogen) atoms. The maximum Gasteiger partial charge on any atom is 0.253 e. The fourth-order valence-corrected chi connectivity index (χ4v) is 4.73. The van der Waals surface area contributed by atoms with Crippen LogP contribution < -0.4 is 10.6 Å². The van der Waals surface area contributed by atoms with Crippen LogP contribution in [0.3, 0.4) is 0 Å². The van der Waals surface area contributed by atoms with E-state index in [0.717, 1.165) is 36.2 Å². The summed E-state index contributed by atoms with van der Waals surface area (Å²) in [5, 5.41) is 5.86. The number of amides is 2. The van der Waals surface area contributed by atoms with Gasteiger partial charge in [0.15, 0.2) is 0 Å². The Labute approximate surface area is 197 Å². The standard InChI is InChI=1S/C26H29FN4O3/c1-15-8-9-19(27)11-18(15)14-28-25(32)17-12-20-23(31(2)24(29-20)16-5-3-6-16)21(13-17)30-26(33)22-7-4-10-34-22/h8-9,11-13,16,22H,3-7,10,14H2,1-2H3,(H,28,32)(H,30,33). The lowest BCUT2D eigenvalue weighted by atomic mass is 9.85. The molecule has 178 valence electrons. The molecule has 2 N–H and O–H groups in total. The number of hydrogen-bond donors (Lipinski definition) is 2. The topological polar surface area (TPSA) is 85.2 Å². The minimum absolute atomic E-state index is 0.202. The SMILES string of the molecule is Cc1ccc(F)cc1CNC(=O)c1cc(NC(=O)C2CCCO2)c2c(c1)nc(C1CCC1)n2C. The van der Waals surface area contributed by atoms with Gasteiger partial charge >= 0.3 is 0 Å².